The average molecular weight is 267 g/mol. The number of hydrogen-bond acceptors (Lipinski definition) is 2. The van der Waals surface area contributed by atoms with E-state index in [1.165, 1.54) is 11.1 Å². The fourth-order valence-electron chi connectivity index (χ4n) is 2.11. The van der Waals surface area contributed by atoms with Crippen molar-refractivity contribution in [1.82, 2.24) is 5.32 Å². The van der Waals surface area contributed by atoms with Gasteiger partial charge in [-0.15, -0.1) is 0 Å². The van der Waals surface area contributed by atoms with E-state index in [0.29, 0.717) is 18.6 Å². The predicted octanol–water partition coefficient (Wildman–Crippen LogP) is 3.37. The molecule has 2 nitrogen and oxygen atoms in total. The molecule has 0 atom stereocenters. The Bertz CT molecular complexity index is 507. The molecular weight excluding hydrogens is 246 g/mol. The largest absolute Gasteiger partial charge is 0.312 e. The highest BCUT2D eigenvalue weighted by Gasteiger charge is 2.02. The number of ketones is 1. The van der Waals surface area contributed by atoms with Gasteiger partial charge in [0.2, 0.25) is 0 Å². The Morgan fingerprint density at radius 1 is 0.800 bits per heavy atom. The van der Waals surface area contributed by atoms with Gasteiger partial charge in [-0.25, -0.2) is 0 Å². The Hall–Kier alpha value is -1.93. The van der Waals surface area contributed by atoms with E-state index in [9.17, 15) is 4.79 Å². The van der Waals surface area contributed by atoms with Gasteiger partial charge in [-0.05, 0) is 17.5 Å². The molecule has 0 saturated carbocycles. The zero-order chi connectivity index (χ0) is 14.0. The van der Waals surface area contributed by atoms with Crippen LogP contribution in [0.1, 0.15) is 24.0 Å². The van der Waals surface area contributed by atoms with Crippen LogP contribution in [0.2, 0.25) is 0 Å². The molecule has 0 amide bonds. The van der Waals surface area contributed by atoms with E-state index in [1.807, 2.05) is 36.4 Å². The molecule has 0 spiro atoms. The molecule has 1 N–H and O–H groups in total. The average Bonchev–Trinajstić information content (AvgIpc) is 2.52. The number of nitrogens with one attached hydrogen (secondary N) is 1. The Labute approximate surface area is 120 Å². The molecule has 0 radical (unpaired) electrons. The molecule has 0 bridgehead atoms. The summed E-state index contributed by atoms with van der Waals surface area (Å²) in [6.45, 7) is 1.58. The maximum Gasteiger partial charge on any atom is 0.134 e. The molecule has 0 aliphatic rings. The summed E-state index contributed by atoms with van der Waals surface area (Å²) >= 11 is 0. The molecule has 0 aromatic heterocycles. The summed E-state index contributed by atoms with van der Waals surface area (Å²) in [6.07, 6.45) is 2.09. The number of hydrogen-bond donors (Lipinski definition) is 1. The SMILES string of the molecule is O=C(CCNCc1ccccc1)CCc1ccccc1. The van der Waals surface area contributed by atoms with Gasteiger partial charge in [0.25, 0.3) is 0 Å². The molecule has 2 aromatic rings. The topological polar surface area (TPSA) is 29.1 Å². The highest BCUT2D eigenvalue weighted by Crippen LogP contribution is 2.04. The molecule has 0 heterocycles. The number of aryl methyl sites for hydroxylation is 1. The van der Waals surface area contributed by atoms with Crippen molar-refractivity contribution in [3.05, 3.63) is 71.8 Å². The molecule has 2 heteroatoms. The minimum absolute atomic E-state index is 0.328. The lowest BCUT2D eigenvalue weighted by Gasteiger charge is -2.05. The van der Waals surface area contributed by atoms with Crippen LogP contribution in [0.3, 0.4) is 0 Å². The van der Waals surface area contributed by atoms with E-state index in [2.05, 4.69) is 29.6 Å². The molecule has 0 aliphatic carbocycles. The van der Waals surface area contributed by atoms with E-state index in [0.717, 1.165) is 19.5 Å². The maximum atomic E-state index is 11.8. The van der Waals surface area contributed by atoms with Gasteiger partial charge in [0.15, 0.2) is 0 Å². The monoisotopic (exact) mass is 267 g/mol. The first kappa shape index (κ1) is 14.5. The van der Waals surface area contributed by atoms with Gasteiger partial charge in [0.05, 0.1) is 0 Å². The van der Waals surface area contributed by atoms with Crippen LogP contribution in [-0.2, 0) is 17.8 Å². The third kappa shape index (κ3) is 5.37. The number of rotatable bonds is 8. The molecule has 2 rings (SSSR count). The van der Waals surface area contributed by atoms with Gasteiger partial charge in [-0.3, -0.25) is 4.79 Å². The molecule has 20 heavy (non-hydrogen) atoms. The second kappa shape index (κ2) is 8.28. The third-order valence-corrected chi connectivity index (χ3v) is 3.29. The smallest absolute Gasteiger partial charge is 0.134 e. The van der Waals surface area contributed by atoms with E-state index in [4.69, 9.17) is 0 Å². The summed E-state index contributed by atoms with van der Waals surface area (Å²) in [5, 5.41) is 3.31. The summed E-state index contributed by atoms with van der Waals surface area (Å²) in [7, 11) is 0. The van der Waals surface area contributed by atoms with Gasteiger partial charge in [-0.2, -0.15) is 0 Å². The minimum atomic E-state index is 0.328. The fraction of sp³-hybridized carbons (Fsp3) is 0.278. The lowest BCUT2D eigenvalue weighted by Crippen LogP contribution is -2.18. The minimum Gasteiger partial charge on any atom is -0.312 e. The van der Waals surface area contributed by atoms with Crippen molar-refractivity contribution in [3.8, 4) is 0 Å². The molecule has 0 fully saturated rings. The second-order valence-electron chi connectivity index (χ2n) is 4.94. The standard InChI is InChI=1S/C18H21NO/c20-18(12-11-16-7-3-1-4-8-16)13-14-19-15-17-9-5-2-6-10-17/h1-10,19H,11-15H2. The molecule has 2 aromatic carbocycles. The van der Waals surface area contributed by atoms with Crippen LogP contribution in [0.15, 0.2) is 60.7 Å². The Morgan fingerprint density at radius 2 is 1.40 bits per heavy atom. The van der Waals surface area contributed by atoms with Crippen molar-refractivity contribution in [1.29, 1.82) is 0 Å². The number of benzene rings is 2. The molecule has 0 saturated heterocycles. The van der Waals surface area contributed by atoms with Gasteiger partial charge in [-0.1, -0.05) is 60.7 Å². The number of carbonyl (C=O) groups excluding carboxylic acids is 1. The van der Waals surface area contributed by atoms with Crippen molar-refractivity contribution in [2.45, 2.75) is 25.8 Å². The molecule has 0 unspecified atom stereocenters. The van der Waals surface area contributed by atoms with E-state index >= 15 is 0 Å². The first-order chi connectivity index (χ1) is 9.84. The lowest BCUT2D eigenvalue weighted by atomic mass is 10.1. The quantitative estimate of drug-likeness (QED) is 0.743. The third-order valence-electron chi connectivity index (χ3n) is 3.29. The van der Waals surface area contributed by atoms with Gasteiger partial charge >= 0.3 is 0 Å². The van der Waals surface area contributed by atoms with Crippen molar-refractivity contribution in [2.75, 3.05) is 6.54 Å². The molecule has 0 aliphatic heterocycles. The van der Waals surface area contributed by atoms with Crippen molar-refractivity contribution in [2.24, 2.45) is 0 Å². The first-order valence-corrected chi connectivity index (χ1v) is 7.15. The zero-order valence-electron chi connectivity index (χ0n) is 11.7. The normalized spacial score (nSPS) is 10.4. The summed E-state index contributed by atoms with van der Waals surface area (Å²) < 4.78 is 0. The second-order valence-corrected chi connectivity index (χ2v) is 4.94. The Morgan fingerprint density at radius 3 is 2.05 bits per heavy atom. The van der Waals surface area contributed by atoms with Crippen LogP contribution in [0.4, 0.5) is 0 Å². The zero-order valence-corrected chi connectivity index (χ0v) is 11.7. The van der Waals surface area contributed by atoms with Crippen LogP contribution in [0.25, 0.3) is 0 Å². The summed E-state index contributed by atoms with van der Waals surface area (Å²) in [6, 6.07) is 20.4. The van der Waals surface area contributed by atoms with Crippen LogP contribution < -0.4 is 5.32 Å². The molecule has 104 valence electrons. The fourth-order valence-corrected chi connectivity index (χ4v) is 2.11. The highest BCUT2D eigenvalue weighted by atomic mass is 16.1. The van der Waals surface area contributed by atoms with E-state index in [1.54, 1.807) is 0 Å². The van der Waals surface area contributed by atoms with Crippen molar-refractivity contribution >= 4 is 5.78 Å². The number of Topliss-reactive ketones (excluding diaryl/α,β-unsaturated/α-hetero) is 1. The van der Waals surface area contributed by atoms with Gasteiger partial charge in [0.1, 0.15) is 5.78 Å². The van der Waals surface area contributed by atoms with E-state index < -0.39 is 0 Å². The summed E-state index contributed by atoms with van der Waals surface area (Å²) in [4.78, 5) is 11.8. The van der Waals surface area contributed by atoms with Crippen molar-refractivity contribution in [3.63, 3.8) is 0 Å². The predicted molar refractivity (Wildman–Crippen MR) is 82.5 cm³/mol. The Balaban J connectivity index is 1.59. The summed E-state index contributed by atoms with van der Waals surface area (Å²) in [5.41, 5.74) is 2.49. The first-order valence-electron chi connectivity index (χ1n) is 7.15. The Kier molecular flexibility index (Phi) is 6.00. The van der Waals surface area contributed by atoms with Crippen LogP contribution in [0.5, 0.6) is 0 Å². The lowest BCUT2D eigenvalue weighted by molar-refractivity contribution is -0.118. The highest BCUT2D eigenvalue weighted by molar-refractivity contribution is 5.78. The van der Waals surface area contributed by atoms with Crippen molar-refractivity contribution < 1.29 is 4.79 Å². The maximum absolute atomic E-state index is 11.8. The summed E-state index contributed by atoms with van der Waals surface area (Å²) in [5.74, 6) is 0.328. The van der Waals surface area contributed by atoms with Crippen LogP contribution in [-0.4, -0.2) is 12.3 Å². The van der Waals surface area contributed by atoms with E-state index in [-0.39, 0.29) is 0 Å². The van der Waals surface area contributed by atoms with Crippen LogP contribution in [0, 0.1) is 0 Å². The number of carbonyl (C=O) groups is 1. The van der Waals surface area contributed by atoms with Gasteiger partial charge < -0.3 is 5.32 Å². The molecular formula is C18H21NO. The van der Waals surface area contributed by atoms with Gasteiger partial charge in [0, 0.05) is 25.9 Å². The van der Waals surface area contributed by atoms with Crippen LogP contribution >= 0.6 is 0 Å².